The number of nitrogens with zero attached hydrogens (tertiary/aromatic N) is 1. The summed E-state index contributed by atoms with van der Waals surface area (Å²) in [4.78, 5) is 24.5. The van der Waals surface area contributed by atoms with Crippen molar-refractivity contribution in [3.63, 3.8) is 0 Å². The first-order chi connectivity index (χ1) is 8.47. The van der Waals surface area contributed by atoms with E-state index in [4.69, 9.17) is 10.8 Å². The fraction of sp³-hybridized carbons (Fsp3) is 0.385. The smallest absolute Gasteiger partial charge is 0.312 e. The number of hydrogen-bond donors (Lipinski definition) is 2. The summed E-state index contributed by atoms with van der Waals surface area (Å²) in [6.07, 6.45) is 0. The van der Waals surface area contributed by atoms with Crippen LogP contribution in [0, 0.1) is 0 Å². The van der Waals surface area contributed by atoms with Crippen LogP contribution < -0.4 is 10.6 Å². The molecule has 18 heavy (non-hydrogen) atoms. The van der Waals surface area contributed by atoms with Crippen LogP contribution >= 0.6 is 0 Å². The molecule has 0 saturated heterocycles. The molecule has 1 aromatic rings. The Kier molecular flexibility index (Phi) is 3.09. The summed E-state index contributed by atoms with van der Waals surface area (Å²) in [7, 11) is 1.72. The maximum Gasteiger partial charge on any atom is 0.312 e. The van der Waals surface area contributed by atoms with Gasteiger partial charge in [-0.2, -0.15) is 0 Å². The molecule has 1 amide bonds. The van der Waals surface area contributed by atoms with E-state index in [0.717, 1.165) is 11.3 Å². The van der Waals surface area contributed by atoms with Crippen molar-refractivity contribution in [3.8, 4) is 0 Å². The Morgan fingerprint density at radius 1 is 1.56 bits per heavy atom. The Bertz CT molecular complexity index is 513. The average molecular weight is 248 g/mol. The van der Waals surface area contributed by atoms with Crippen molar-refractivity contribution in [2.24, 2.45) is 5.73 Å². The maximum atomic E-state index is 11.8. The van der Waals surface area contributed by atoms with Gasteiger partial charge in [-0.3, -0.25) is 9.59 Å². The molecule has 2 rings (SSSR count). The number of anilines is 1. The third-order valence-corrected chi connectivity index (χ3v) is 3.52. The van der Waals surface area contributed by atoms with Gasteiger partial charge >= 0.3 is 5.97 Å². The predicted octanol–water partition coefficient (Wildman–Crippen LogP) is 0.893. The van der Waals surface area contributed by atoms with Gasteiger partial charge in [-0.05, 0) is 24.1 Å². The molecule has 0 saturated carbocycles. The van der Waals surface area contributed by atoms with Gasteiger partial charge in [0.2, 0.25) is 5.91 Å². The lowest BCUT2D eigenvalue weighted by Gasteiger charge is -2.13. The van der Waals surface area contributed by atoms with E-state index in [9.17, 15) is 9.59 Å². The van der Waals surface area contributed by atoms with E-state index >= 15 is 0 Å². The number of hydrogen-bond acceptors (Lipinski definition) is 3. The van der Waals surface area contributed by atoms with Crippen molar-refractivity contribution in [2.75, 3.05) is 18.5 Å². The molecule has 1 heterocycles. The number of carboxylic acids is 1. The summed E-state index contributed by atoms with van der Waals surface area (Å²) < 4.78 is 0. The normalized spacial score (nSPS) is 19.8. The van der Waals surface area contributed by atoms with Crippen molar-refractivity contribution in [1.29, 1.82) is 0 Å². The number of aliphatic carboxylic acids is 1. The van der Waals surface area contributed by atoms with E-state index in [1.54, 1.807) is 30.1 Å². The van der Waals surface area contributed by atoms with Crippen molar-refractivity contribution in [3.05, 3.63) is 29.3 Å². The molecule has 5 nitrogen and oxygen atoms in total. The first-order valence-corrected chi connectivity index (χ1v) is 5.81. The Labute approximate surface area is 105 Å². The number of nitrogens with two attached hydrogens (primary N) is 1. The van der Waals surface area contributed by atoms with Gasteiger partial charge in [0.25, 0.3) is 0 Å². The molecule has 1 aliphatic rings. The predicted molar refractivity (Wildman–Crippen MR) is 67.7 cm³/mol. The number of carbonyl (C=O) groups excluding carboxylic acids is 1. The van der Waals surface area contributed by atoms with Gasteiger partial charge in [0.1, 0.15) is 0 Å². The molecule has 0 spiro atoms. The SMILES string of the molecule is CC1C(=O)N(C)c2ccc(C(CN)C(=O)O)cc21. The molecule has 3 N–H and O–H groups in total. The minimum absolute atomic E-state index is 0.0294. The second-order valence-corrected chi connectivity index (χ2v) is 4.56. The molecule has 2 unspecified atom stereocenters. The van der Waals surface area contributed by atoms with Crippen molar-refractivity contribution in [1.82, 2.24) is 0 Å². The fourth-order valence-corrected chi connectivity index (χ4v) is 2.36. The molecule has 96 valence electrons. The van der Waals surface area contributed by atoms with Crippen LogP contribution in [0.4, 0.5) is 5.69 Å². The monoisotopic (exact) mass is 248 g/mol. The van der Waals surface area contributed by atoms with Gasteiger partial charge in [-0.25, -0.2) is 0 Å². The molecule has 2 atom stereocenters. The summed E-state index contributed by atoms with van der Waals surface area (Å²) in [6.45, 7) is 1.87. The van der Waals surface area contributed by atoms with Crippen LogP contribution in [0.3, 0.4) is 0 Å². The van der Waals surface area contributed by atoms with Crippen LogP contribution in [0.2, 0.25) is 0 Å². The van der Waals surface area contributed by atoms with E-state index in [1.807, 2.05) is 6.92 Å². The van der Waals surface area contributed by atoms with E-state index in [0.29, 0.717) is 5.56 Å². The molecule has 0 radical (unpaired) electrons. The van der Waals surface area contributed by atoms with E-state index in [-0.39, 0.29) is 18.4 Å². The van der Waals surface area contributed by atoms with E-state index in [2.05, 4.69) is 0 Å². The first-order valence-electron chi connectivity index (χ1n) is 5.81. The number of likely N-dealkylation sites (N-methyl/N-ethyl adjacent to an activating group) is 1. The summed E-state index contributed by atoms with van der Waals surface area (Å²) in [5, 5.41) is 9.09. The Morgan fingerprint density at radius 2 is 2.22 bits per heavy atom. The number of benzene rings is 1. The number of carbonyl (C=O) groups is 2. The minimum atomic E-state index is -0.942. The zero-order chi connectivity index (χ0) is 13.4. The van der Waals surface area contributed by atoms with Crippen LogP contribution in [-0.4, -0.2) is 30.6 Å². The lowest BCUT2D eigenvalue weighted by Crippen LogP contribution is -2.22. The summed E-state index contributed by atoms with van der Waals surface area (Å²) >= 11 is 0. The number of carboxylic acid groups (broad SMARTS) is 1. The highest BCUT2D eigenvalue weighted by Crippen LogP contribution is 2.37. The van der Waals surface area contributed by atoms with Crippen LogP contribution in [0.25, 0.3) is 0 Å². The third-order valence-electron chi connectivity index (χ3n) is 3.52. The molecule has 1 aromatic carbocycles. The number of amides is 1. The second-order valence-electron chi connectivity index (χ2n) is 4.56. The van der Waals surface area contributed by atoms with Gasteiger partial charge in [-0.1, -0.05) is 12.1 Å². The van der Waals surface area contributed by atoms with Gasteiger partial charge in [0, 0.05) is 19.3 Å². The maximum absolute atomic E-state index is 11.8. The molecule has 5 heteroatoms. The van der Waals surface area contributed by atoms with E-state index < -0.39 is 11.9 Å². The van der Waals surface area contributed by atoms with Crippen molar-refractivity contribution < 1.29 is 14.7 Å². The molecule has 0 aromatic heterocycles. The second kappa shape index (κ2) is 4.42. The number of fused-ring (bicyclic) bond motifs is 1. The van der Waals surface area contributed by atoms with Crippen LogP contribution in [0.5, 0.6) is 0 Å². The van der Waals surface area contributed by atoms with Gasteiger partial charge < -0.3 is 15.7 Å². The lowest BCUT2D eigenvalue weighted by atomic mass is 9.94. The highest BCUT2D eigenvalue weighted by molar-refractivity contribution is 6.04. The molecular formula is C13H16N2O3. The van der Waals surface area contributed by atoms with Gasteiger partial charge in [-0.15, -0.1) is 0 Å². The first kappa shape index (κ1) is 12.6. The van der Waals surface area contributed by atoms with Crippen LogP contribution in [0.15, 0.2) is 18.2 Å². The largest absolute Gasteiger partial charge is 0.481 e. The zero-order valence-corrected chi connectivity index (χ0v) is 10.4. The summed E-state index contributed by atoms with van der Waals surface area (Å²) in [5.41, 5.74) is 7.85. The van der Waals surface area contributed by atoms with Gasteiger partial charge in [0.15, 0.2) is 0 Å². The minimum Gasteiger partial charge on any atom is -0.481 e. The Morgan fingerprint density at radius 3 is 2.78 bits per heavy atom. The third kappa shape index (κ3) is 1.76. The lowest BCUT2D eigenvalue weighted by molar-refractivity contribution is -0.138. The standard InChI is InChI=1S/C13H16N2O3/c1-7-9-5-8(10(6-14)13(17)18)3-4-11(9)15(2)12(7)16/h3-5,7,10H,6,14H2,1-2H3,(H,17,18). The molecule has 0 fully saturated rings. The topological polar surface area (TPSA) is 83.6 Å². The van der Waals surface area contributed by atoms with E-state index in [1.165, 1.54) is 0 Å². The Hall–Kier alpha value is -1.88. The van der Waals surface area contributed by atoms with Crippen molar-refractivity contribution >= 4 is 17.6 Å². The number of rotatable bonds is 3. The Balaban J connectivity index is 2.46. The van der Waals surface area contributed by atoms with Crippen LogP contribution in [-0.2, 0) is 9.59 Å². The van der Waals surface area contributed by atoms with Crippen LogP contribution in [0.1, 0.15) is 29.9 Å². The highest BCUT2D eigenvalue weighted by atomic mass is 16.4. The highest BCUT2D eigenvalue weighted by Gasteiger charge is 2.32. The molecule has 1 aliphatic heterocycles. The van der Waals surface area contributed by atoms with Crippen molar-refractivity contribution in [2.45, 2.75) is 18.8 Å². The summed E-state index contributed by atoms with van der Waals surface area (Å²) in [6, 6.07) is 5.30. The molecule has 0 bridgehead atoms. The summed E-state index contributed by atoms with van der Waals surface area (Å²) in [5.74, 6) is -1.86. The average Bonchev–Trinajstić information content (AvgIpc) is 2.55. The molecular weight excluding hydrogens is 232 g/mol. The zero-order valence-electron chi connectivity index (χ0n) is 10.4. The fourth-order valence-electron chi connectivity index (χ4n) is 2.36. The molecule has 0 aliphatic carbocycles. The quantitative estimate of drug-likeness (QED) is 0.832. The van der Waals surface area contributed by atoms with Gasteiger partial charge in [0.05, 0.1) is 11.8 Å².